The standard InChI is InChI=1S/C17H25BrN2O3/c1-11(19)12-7-6-8-13(15(12)20-9-10-22-5)14(18)16(21)23-17(2,3)4/h6-8,14,19-20H,9-10H2,1-5H3. The number of esters is 1. The molecule has 2 N–H and O–H groups in total. The van der Waals surface area contributed by atoms with Gasteiger partial charge in [-0.05, 0) is 27.7 Å². The van der Waals surface area contributed by atoms with Crippen molar-refractivity contribution in [3.63, 3.8) is 0 Å². The summed E-state index contributed by atoms with van der Waals surface area (Å²) >= 11 is 3.43. The zero-order chi connectivity index (χ0) is 17.6. The van der Waals surface area contributed by atoms with E-state index in [0.29, 0.717) is 18.9 Å². The van der Waals surface area contributed by atoms with Gasteiger partial charge >= 0.3 is 5.97 Å². The van der Waals surface area contributed by atoms with Crippen LogP contribution in [0, 0.1) is 5.41 Å². The van der Waals surface area contributed by atoms with E-state index in [2.05, 4.69) is 21.2 Å². The van der Waals surface area contributed by atoms with Gasteiger partial charge in [-0.2, -0.15) is 0 Å². The number of rotatable bonds is 7. The maximum absolute atomic E-state index is 12.3. The molecule has 1 unspecified atom stereocenters. The van der Waals surface area contributed by atoms with Gasteiger partial charge < -0.3 is 20.2 Å². The summed E-state index contributed by atoms with van der Waals surface area (Å²) in [5.41, 5.74) is 2.13. The average molecular weight is 385 g/mol. The summed E-state index contributed by atoms with van der Waals surface area (Å²) in [6.07, 6.45) is 0. The van der Waals surface area contributed by atoms with Crippen molar-refractivity contribution < 1.29 is 14.3 Å². The van der Waals surface area contributed by atoms with E-state index in [1.807, 2.05) is 39.0 Å². The molecule has 0 aromatic heterocycles. The zero-order valence-corrected chi connectivity index (χ0v) is 15.9. The highest BCUT2D eigenvalue weighted by atomic mass is 79.9. The molecule has 5 nitrogen and oxygen atoms in total. The SMILES string of the molecule is COCCNc1c(C(C)=N)cccc1C(Br)C(=O)OC(C)(C)C. The summed E-state index contributed by atoms with van der Waals surface area (Å²) < 4.78 is 10.5. The molecular weight excluding hydrogens is 360 g/mol. The molecule has 0 aliphatic rings. The monoisotopic (exact) mass is 384 g/mol. The number of hydrogen-bond donors (Lipinski definition) is 2. The summed E-state index contributed by atoms with van der Waals surface area (Å²) in [5.74, 6) is -0.355. The number of methoxy groups -OCH3 is 1. The lowest BCUT2D eigenvalue weighted by Gasteiger charge is -2.24. The highest BCUT2D eigenvalue weighted by Crippen LogP contribution is 2.34. The second-order valence-electron chi connectivity index (χ2n) is 6.21. The Morgan fingerprint density at radius 2 is 2.04 bits per heavy atom. The largest absolute Gasteiger partial charge is 0.459 e. The van der Waals surface area contributed by atoms with Crippen LogP contribution in [0.1, 0.15) is 43.6 Å². The first kappa shape index (κ1) is 19.6. The molecule has 1 atom stereocenters. The highest BCUT2D eigenvalue weighted by molar-refractivity contribution is 9.09. The van der Waals surface area contributed by atoms with Crippen molar-refractivity contribution >= 4 is 33.3 Å². The van der Waals surface area contributed by atoms with Gasteiger partial charge in [-0.1, -0.05) is 34.1 Å². The number of ether oxygens (including phenoxy) is 2. The fourth-order valence-corrected chi connectivity index (χ4v) is 2.52. The molecule has 128 valence electrons. The first-order valence-corrected chi connectivity index (χ1v) is 8.37. The number of halogens is 1. The van der Waals surface area contributed by atoms with Gasteiger partial charge in [0.15, 0.2) is 0 Å². The molecule has 0 saturated heterocycles. The van der Waals surface area contributed by atoms with Gasteiger partial charge in [0.05, 0.1) is 6.61 Å². The Kier molecular flexibility index (Phi) is 7.22. The Balaban J connectivity index is 3.15. The van der Waals surface area contributed by atoms with Crippen molar-refractivity contribution in [3.05, 3.63) is 29.3 Å². The molecule has 0 bridgehead atoms. The molecule has 1 aromatic rings. The Morgan fingerprint density at radius 3 is 2.57 bits per heavy atom. The Morgan fingerprint density at radius 1 is 1.39 bits per heavy atom. The Bertz CT molecular complexity index is 567. The summed E-state index contributed by atoms with van der Waals surface area (Å²) in [4.78, 5) is 11.7. The fraction of sp³-hybridized carbons (Fsp3) is 0.529. The van der Waals surface area contributed by atoms with Crippen LogP contribution in [-0.4, -0.2) is 37.5 Å². The topological polar surface area (TPSA) is 71.4 Å². The smallest absolute Gasteiger partial charge is 0.324 e. The summed E-state index contributed by atoms with van der Waals surface area (Å²) in [5, 5.41) is 11.2. The lowest BCUT2D eigenvalue weighted by atomic mass is 10.0. The molecule has 0 fully saturated rings. The van der Waals surface area contributed by atoms with Crippen molar-refractivity contribution in [2.24, 2.45) is 0 Å². The Labute approximate surface area is 146 Å². The third-order valence-corrected chi connectivity index (χ3v) is 3.86. The maximum Gasteiger partial charge on any atom is 0.324 e. The lowest BCUT2D eigenvalue weighted by Crippen LogP contribution is -2.26. The minimum absolute atomic E-state index is 0.355. The molecule has 1 aromatic carbocycles. The van der Waals surface area contributed by atoms with Crippen LogP contribution >= 0.6 is 15.9 Å². The number of hydrogen-bond acceptors (Lipinski definition) is 5. The normalized spacial score (nSPS) is 12.6. The molecule has 0 spiro atoms. The average Bonchev–Trinajstić information content (AvgIpc) is 2.44. The maximum atomic E-state index is 12.3. The van der Waals surface area contributed by atoms with Gasteiger partial charge in [0.25, 0.3) is 0 Å². The fourth-order valence-electron chi connectivity index (χ4n) is 2.05. The third kappa shape index (κ3) is 5.95. The first-order valence-electron chi connectivity index (χ1n) is 7.45. The van der Waals surface area contributed by atoms with Crippen LogP contribution in [0.15, 0.2) is 18.2 Å². The highest BCUT2D eigenvalue weighted by Gasteiger charge is 2.27. The molecule has 0 radical (unpaired) electrons. The van der Waals surface area contributed by atoms with Gasteiger partial charge in [0, 0.05) is 36.2 Å². The molecule has 0 heterocycles. The molecule has 0 aliphatic heterocycles. The number of para-hydroxylation sites is 1. The van der Waals surface area contributed by atoms with Crippen LogP contribution in [0.4, 0.5) is 5.69 Å². The van der Waals surface area contributed by atoms with Crippen LogP contribution in [0.3, 0.4) is 0 Å². The van der Waals surface area contributed by atoms with Crippen molar-refractivity contribution in [1.82, 2.24) is 0 Å². The second-order valence-corrected chi connectivity index (χ2v) is 7.13. The number of nitrogens with one attached hydrogen (secondary N) is 2. The van der Waals surface area contributed by atoms with E-state index in [4.69, 9.17) is 14.9 Å². The van der Waals surface area contributed by atoms with Crippen molar-refractivity contribution in [2.45, 2.75) is 38.1 Å². The van der Waals surface area contributed by atoms with E-state index in [1.165, 1.54) is 0 Å². The van der Waals surface area contributed by atoms with E-state index in [0.717, 1.165) is 16.8 Å². The predicted molar refractivity (Wildman–Crippen MR) is 96.8 cm³/mol. The van der Waals surface area contributed by atoms with Gasteiger partial charge in [-0.15, -0.1) is 0 Å². The van der Waals surface area contributed by atoms with E-state index in [1.54, 1.807) is 14.0 Å². The molecule has 23 heavy (non-hydrogen) atoms. The van der Waals surface area contributed by atoms with E-state index in [9.17, 15) is 4.79 Å². The van der Waals surface area contributed by atoms with Crippen LogP contribution in [0.2, 0.25) is 0 Å². The number of alkyl halides is 1. The quantitative estimate of drug-likeness (QED) is 0.323. The summed E-state index contributed by atoms with van der Waals surface area (Å²) in [6.45, 7) is 8.34. The second kappa shape index (κ2) is 8.45. The first-order chi connectivity index (χ1) is 10.7. The zero-order valence-electron chi connectivity index (χ0n) is 14.3. The van der Waals surface area contributed by atoms with E-state index < -0.39 is 10.4 Å². The van der Waals surface area contributed by atoms with Gasteiger partial charge in [-0.3, -0.25) is 4.79 Å². The molecular formula is C17H25BrN2O3. The number of benzene rings is 1. The van der Waals surface area contributed by atoms with E-state index in [-0.39, 0.29) is 5.97 Å². The molecule has 6 heteroatoms. The predicted octanol–water partition coefficient (Wildman–Crippen LogP) is 3.91. The molecule has 1 rings (SSSR count). The molecule has 0 saturated carbocycles. The van der Waals surface area contributed by atoms with Crippen LogP contribution in [-0.2, 0) is 14.3 Å². The minimum Gasteiger partial charge on any atom is -0.459 e. The summed E-state index contributed by atoms with van der Waals surface area (Å²) in [7, 11) is 1.63. The minimum atomic E-state index is -0.605. The van der Waals surface area contributed by atoms with Crippen molar-refractivity contribution in [3.8, 4) is 0 Å². The number of anilines is 1. The van der Waals surface area contributed by atoms with Crippen molar-refractivity contribution in [2.75, 3.05) is 25.6 Å². The summed E-state index contributed by atoms with van der Waals surface area (Å²) in [6, 6.07) is 5.55. The number of carbonyl (C=O) groups is 1. The van der Waals surface area contributed by atoms with Gasteiger partial charge in [0.1, 0.15) is 10.4 Å². The van der Waals surface area contributed by atoms with Crippen LogP contribution in [0.25, 0.3) is 0 Å². The third-order valence-electron chi connectivity index (χ3n) is 3.00. The van der Waals surface area contributed by atoms with Crippen molar-refractivity contribution in [1.29, 1.82) is 5.41 Å². The van der Waals surface area contributed by atoms with Gasteiger partial charge in [-0.25, -0.2) is 0 Å². The molecule has 0 aliphatic carbocycles. The van der Waals surface area contributed by atoms with E-state index >= 15 is 0 Å². The van der Waals surface area contributed by atoms with Gasteiger partial charge in [0.2, 0.25) is 0 Å². The lowest BCUT2D eigenvalue weighted by molar-refractivity contribution is -0.154. The number of carbonyl (C=O) groups excluding carboxylic acids is 1. The van der Waals surface area contributed by atoms with Crippen LogP contribution < -0.4 is 5.32 Å². The Hall–Kier alpha value is -1.40. The van der Waals surface area contributed by atoms with Crippen LogP contribution in [0.5, 0.6) is 0 Å². The molecule has 0 amide bonds.